The Bertz CT molecular complexity index is 391. The molecule has 0 aliphatic heterocycles. The summed E-state index contributed by atoms with van der Waals surface area (Å²) in [4.78, 5) is 17.7. The van der Waals surface area contributed by atoms with Crippen molar-refractivity contribution in [1.29, 1.82) is 0 Å². The highest BCUT2D eigenvalue weighted by molar-refractivity contribution is 9.10. The van der Waals surface area contributed by atoms with Gasteiger partial charge in [-0.25, -0.2) is 4.98 Å². The van der Waals surface area contributed by atoms with Gasteiger partial charge in [-0.15, -0.1) is 0 Å². The van der Waals surface area contributed by atoms with E-state index >= 15 is 0 Å². The first-order valence-corrected chi connectivity index (χ1v) is 6.46. The number of rotatable bonds is 7. The van der Waals surface area contributed by atoms with E-state index in [0.29, 0.717) is 11.0 Å². The van der Waals surface area contributed by atoms with Gasteiger partial charge in [0.05, 0.1) is 6.33 Å². The second kappa shape index (κ2) is 7.58. The van der Waals surface area contributed by atoms with Gasteiger partial charge in [-0.05, 0) is 49.5 Å². The average Bonchev–Trinajstić information content (AvgIpc) is 2.28. The summed E-state index contributed by atoms with van der Waals surface area (Å²) in [6.07, 6.45) is 4.19. The zero-order chi connectivity index (χ0) is 12.7. The lowest BCUT2D eigenvalue weighted by Crippen LogP contribution is -2.29. The monoisotopic (exact) mass is 302 g/mol. The van der Waals surface area contributed by atoms with E-state index in [1.807, 2.05) is 0 Å². The number of aromatic nitrogens is 2. The Morgan fingerprint density at radius 3 is 2.94 bits per heavy atom. The first-order valence-electron chi connectivity index (χ1n) is 5.66. The van der Waals surface area contributed by atoms with Gasteiger partial charge in [0.2, 0.25) is 0 Å². The molecule has 0 radical (unpaired) electrons. The lowest BCUT2D eigenvalue weighted by Gasteiger charge is -2.10. The van der Waals surface area contributed by atoms with Gasteiger partial charge in [0.1, 0.15) is 4.47 Å². The third kappa shape index (κ3) is 5.43. The van der Waals surface area contributed by atoms with Crippen LogP contribution in [0, 0.1) is 0 Å². The lowest BCUT2D eigenvalue weighted by atomic mass is 10.4. The smallest absolute Gasteiger partial charge is 0.267 e. The molecule has 0 aromatic carbocycles. The number of nitrogens with one attached hydrogen (secondary N) is 1. The van der Waals surface area contributed by atoms with Crippen LogP contribution in [0.3, 0.4) is 0 Å². The van der Waals surface area contributed by atoms with Crippen molar-refractivity contribution < 1.29 is 0 Å². The first kappa shape index (κ1) is 14.3. The Kier molecular flexibility index (Phi) is 6.39. The van der Waals surface area contributed by atoms with E-state index in [9.17, 15) is 4.79 Å². The van der Waals surface area contributed by atoms with Gasteiger partial charge in [0, 0.05) is 19.3 Å². The van der Waals surface area contributed by atoms with Crippen LogP contribution in [0.25, 0.3) is 0 Å². The molecule has 1 rings (SSSR count). The molecule has 1 aromatic rings. The van der Waals surface area contributed by atoms with E-state index in [1.165, 1.54) is 6.20 Å². The molecule has 0 aliphatic rings. The van der Waals surface area contributed by atoms with Crippen LogP contribution in [0.5, 0.6) is 0 Å². The van der Waals surface area contributed by atoms with Crippen LogP contribution in [0.2, 0.25) is 0 Å². The molecular weight excluding hydrogens is 284 g/mol. The van der Waals surface area contributed by atoms with Crippen LogP contribution in [0.4, 0.5) is 0 Å². The maximum absolute atomic E-state index is 11.6. The predicted octanol–water partition coefficient (Wildman–Crippen LogP) is 0.547. The van der Waals surface area contributed by atoms with Crippen molar-refractivity contribution >= 4 is 15.9 Å². The molecule has 0 spiro atoms. The number of nitrogens with zero attached hydrogens (tertiary/aromatic N) is 3. The highest BCUT2D eigenvalue weighted by Crippen LogP contribution is 1.97. The van der Waals surface area contributed by atoms with Crippen molar-refractivity contribution in [3.05, 3.63) is 27.4 Å². The molecule has 96 valence electrons. The third-order valence-electron chi connectivity index (χ3n) is 2.35. The Balaban J connectivity index is 2.23. The standard InChI is InChI=1S/C11H19BrN4O/c1-15(2)6-3-4-13-5-7-16-9-14-8-10(12)11(16)17/h8-9,13H,3-7H2,1-2H3. The van der Waals surface area contributed by atoms with Crippen molar-refractivity contribution in [1.82, 2.24) is 19.8 Å². The third-order valence-corrected chi connectivity index (χ3v) is 2.89. The predicted molar refractivity (Wildman–Crippen MR) is 72.2 cm³/mol. The van der Waals surface area contributed by atoms with Crippen LogP contribution in [0.15, 0.2) is 21.8 Å². The van der Waals surface area contributed by atoms with E-state index in [0.717, 1.165) is 26.1 Å². The normalized spacial score (nSPS) is 11.1. The fourth-order valence-electron chi connectivity index (χ4n) is 1.43. The van der Waals surface area contributed by atoms with Gasteiger partial charge >= 0.3 is 0 Å². The molecule has 0 saturated heterocycles. The minimum absolute atomic E-state index is 0.0323. The van der Waals surface area contributed by atoms with Crippen LogP contribution in [0.1, 0.15) is 6.42 Å². The fourth-order valence-corrected chi connectivity index (χ4v) is 1.77. The average molecular weight is 303 g/mol. The summed E-state index contributed by atoms with van der Waals surface area (Å²) in [5.74, 6) is 0. The Morgan fingerprint density at radius 1 is 1.47 bits per heavy atom. The fraction of sp³-hybridized carbons (Fsp3) is 0.636. The minimum Gasteiger partial charge on any atom is -0.315 e. The summed E-state index contributed by atoms with van der Waals surface area (Å²) in [5.41, 5.74) is -0.0323. The summed E-state index contributed by atoms with van der Waals surface area (Å²) < 4.78 is 2.11. The molecule has 0 fully saturated rings. The van der Waals surface area contributed by atoms with Crippen LogP contribution in [-0.2, 0) is 6.54 Å². The van der Waals surface area contributed by atoms with Gasteiger partial charge < -0.3 is 10.2 Å². The molecule has 1 N–H and O–H groups in total. The second-order valence-corrected chi connectivity index (χ2v) is 5.00. The number of hydrogen-bond acceptors (Lipinski definition) is 4. The van der Waals surface area contributed by atoms with Crippen molar-refractivity contribution in [3.8, 4) is 0 Å². The van der Waals surface area contributed by atoms with Crippen molar-refractivity contribution in [2.75, 3.05) is 33.7 Å². The Hall–Kier alpha value is -0.720. The molecule has 1 heterocycles. The Morgan fingerprint density at radius 2 is 2.24 bits per heavy atom. The zero-order valence-electron chi connectivity index (χ0n) is 10.3. The van der Waals surface area contributed by atoms with Crippen LogP contribution >= 0.6 is 15.9 Å². The zero-order valence-corrected chi connectivity index (χ0v) is 11.9. The molecule has 1 aromatic heterocycles. The largest absolute Gasteiger partial charge is 0.315 e. The summed E-state index contributed by atoms with van der Waals surface area (Å²) in [6, 6.07) is 0. The SMILES string of the molecule is CN(C)CCCNCCn1cncc(Br)c1=O. The molecule has 17 heavy (non-hydrogen) atoms. The molecule has 6 heteroatoms. The minimum atomic E-state index is -0.0323. The highest BCUT2D eigenvalue weighted by Gasteiger charge is 1.99. The van der Waals surface area contributed by atoms with Crippen LogP contribution in [-0.4, -0.2) is 48.2 Å². The van der Waals surface area contributed by atoms with Crippen molar-refractivity contribution in [2.24, 2.45) is 0 Å². The molecular formula is C11H19BrN4O. The summed E-state index contributed by atoms with van der Waals surface area (Å²) in [5, 5.41) is 3.31. The second-order valence-electron chi connectivity index (χ2n) is 4.15. The van der Waals surface area contributed by atoms with Crippen LogP contribution < -0.4 is 10.9 Å². The van der Waals surface area contributed by atoms with Gasteiger partial charge in [0.25, 0.3) is 5.56 Å². The maximum atomic E-state index is 11.6. The molecule has 0 unspecified atom stereocenters. The lowest BCUT2D eigenvalue weighted by molar-refractivity contribution is 0.393. The van der Waals surface area contributed by atoms with E-state index in [1.54, 1.807) is 10.9 Å². The molecule has 0 bridgehead atoms. The van der Waals surface area contributed by atoms with E-state index in [4.69, 9.17) is 0 Å². The Labute approximate surface area is 110 Å². The first-order chi connectivity index (χ1) is 8.11. The summed E-state index contributed by atoms with van der Waals surface area (Å²) >= 11 is 3.17. The van der Waals surface area contributed by atoms with Gasteiger partial charge in [-0.1, -0.05) is 0 Å². The summed E-state index contributed by atoms with van der Waals surface area (Å²) in [7, 11) is 4.12. The number of halogens is 1. The van der Waals surface area contributed by atoms with E-state index in [-0.39, 0.29) is 5.56 Å². The molecule has 0 saturated carbocycles. The quantitative estimate of drug-likeness (QED) is 0.747. The van der Waals surface area contributed by atoms with Gasteiger partial charge in [0.15, 0.2) is 0 Å². The van der Waals surface area contributed by atoms with Crippen molar-refractivity contribution in [2.45, 2.75) is 13.0 Å². The molecule has 0 atom stereocenters. The van der Waals surface area contributed by atoms with Gasteiger partial charge in [-0.3, -0.25) is 9.36 Å². The van der Waals surface area contributed by atoms with Gasteiger partial charge in [-0.2, -0.15) is 0 Å². The molecule has 5 nitrogen and oxygen atoms in total. The maximum Gasteiger partial charge on any atom is 0.267 e. The summed E-state index contributed by atoms with van der Waals surface area (Å²) in [6.45, 7) is 3.47. The van der Waals surface area contributed by atoms with E-state index in [2.05, 4.69) is 45.2 Å². The number of hydrogen-bond donors (Lipinski definition) is 1. The van der Waals surface area contributed by atoms with E-state index < -0.39 is 0 Å². The molecule has 0 amide bonds. The highest BCUT2D eigenvalue weighted by atomic mass is 79.9. The molecule has 0 aliphatic carbocycles. The van der Waals surface area contributed by atoms with Crippen molar-refractivity contribution in [3.63, 3.8) is 0 Å². The topological polar surface area (TPSA) is 50.2 Å².